The second-order valence-corrected chi connectivity index (χ2v) is 5.02. The van der Waals surface area contributed by atoms with Gasteiger partial charge in [-0.2, -0.15) is 0 Å². The zero-order valence-electron chi connectivity index (χ0n) is 10.5. The van der Waals surface area contributed by atoms with Gasteiger partial charge in [0.25, 0.3) is 0 Å². The Bertz CT molecular complexity index is 420. The van der Waals surface area contributed by atoms with Gasteiger partial charge in [-0.25, -0.2) is 4.79 Å². The predicted molar refractivity (Wildman–Crippen MR) is 70.5 cm³/mol. The molecule has 1 unspecified atom stereocenters. The first-order valence-electron chi connectivity index (χ1n) is 6.65. The predicted octanol–water partition coefficient (Wildman–Crippen LogP) is 0.939. The van der Waals surface area contributed by atoms with Gasteiger partial charge in [0.05, 0.1) is 6.04 Å². The molecule has 1 aromatic rings. The Kier molecular flexibility index (Phi) is 3.19. The Morgan fingerprint density at radius 3 is 2.89 bits per heavy atom. The molecule has 0 aliphatic carbocycles. The third kappa shape index (κ3) is 2.20. The molecule has 1 atom stereocenters. The van der Waals surface area contributed by atoms with Crippen molar-refractivity contribution in [2.75, 3.05) is 32.7 Å². The summed E-state index contributed by atoms with van der Waals surface area (Å²) in [7, 11) is 0. The van der Waals surface area contributed by atoms with E-state index < -0.39 is 0 Å². The van der Waals surface area contributed by atoms with Gasteiger partial charge in [0.15, 0.2) is 0 Å². The molecule has 18 heavy (non-hydrogen) atoms. The van der Waals surface area contributed by atoms with Crippen LogP contribution >= 0.6 is 0 Å². The van der Waals surface area contributed by atoms with Crippen LogP contribution in [0.15, 0.2) is 30.3 Å². The number of carbonyl (C=O) groups is 1. The van der Waals surface area contributed by atoms with Gasteiger partial charge in [0.2, 0.25) is 0 Å². The fourth-order valence-corrected chi connectivity index (χ4v) is 2.79. The van der Waals surface area contributed by atoms with Crippen molar-refractivity contribution in [3.63, 3.8) is 0 Å². The molecule has 1 N–H and O–H groups in total. The normalized spacial score (nSPS) is 23.3. The molecule has 2 amide bonds. The molecular formula is C14H19N3O. The summed E-state index contributed by atoms with van der Waals surface area (Å²) in [6.07, 6.45) is 0.945. The van der Waals surface area contributed by atoms with Crippen molar-refractivity contribution in [2.24, 2.45) is 0 Å². The Morgan fingerprint density at radius 1 is 1.28 bits per heavy atom. The van der Waals surface area contributed by atoms with Crippen LogP contribution in [-0.4, -0.2) is 54.6 Å². The molecule has 2 fully saturated rings. The van der Waals surface area contributed by atoms with Crippen molar-refractivity contribution in [1.29, 1.82) is 0 Å². The third-order valence-corrected chi connectivity index (χ3v) is 3.81. The first-order valence-corrected chi connectivity index (χ1v) is 6.65. The molecule has 0 radical (unpaired) electrons. The minimum Gasteiger partial charge on any atom is -0.322 e. The summed E-state index contributed by atoms with van der Waals surface area (Å²) in [6.45, 7) is 4.42. The second kappa shape index (κ2) is 4.98. The highest BCUT2D eigenvalue weighted by molar-refractivity contribution is 5.77. The van der Waals surface area contributed by atoms with E-state index in [4.69, 9.17) is 0 Å². The zero-order chi connectivity index (χ0) is 12.4. The lowest BCUT2D eigenvalue weighted by atomic mass is 10.1. The summed E-state index contributed by atoms with van der Waals surface area (Å²) >= 11 is 0. The molecule has 4 nitrogen and oxygen atoms in total. The lowest BCUT2D eigenvalue weighted by molar-refractivity contribution is 0.179. The van der Waals surface area contributed by atoms with Crippen molar-refractivity contribution in [1.82, 2.24) is 15.1 Å². The molecule has 2 aliphatic rings. The maximum Gasteiger partial charge on any atom is 0.320 e. The van der Waals surface area contributed by atoms with Gasteiger partial charge in [-0.05, 0) is 12.0 Å². The molecule has 0 saturated carbocycles. The maximum atomic E-state index is 12.2. The third-order valence-electron chi connectivity index (χ3n) is 3.81. The Morgan fingerprint density at radius 2 is 2.11 bits per heavy atom. The molecule has 0 bridgehead atoms. The summed E-state index contributed by atoms with van der Waals surface area (Å²) in [5.74, 6) is 0. The number of carbonyl (C=O) groups excluding carboxylic acids is 1. The van der Waals surface area contributed by atoms with E-state index in [0.717, 1.165) is 39.1 Å². The number of amides is 2. The maximum absolute atomic E-state index is 12.2. The molecule has 4 heteroatoms. The minimum absolute atomic E-state index is 0.220. The Balaban J connectivity index is 1.59. The molecule has 1 aromatic carbocycles. The number of hydrogen-bond donors (Lipinski definition) is 1. The average Bonchev–Trinajstić information content (AvgIpc) is 2.75. The van der Waals surface area contributed by atoms with E-state index in [9.17, 15) is 4.79 Å². The van der Waals surface area contributed by atoms with Crippen LogP contribution in [0.3, 0.4) is 0 Å². The number of rotatable bonds is 3. The summed E-state index contributed by atoms with van der Waals surface area (Å²) in [6, 6.07) is 11.0. The summed E-state index contributed by atoms with van der Waals surface area (Å²) in [5.41, 5.74) is 1.30. The topological polar surface area (TPSA) is 35.6 Å². The van der Waals surface area contributed by atoms with Crippen molar-refractivity contribution in [2.45, 2.75) is 12.5 Å². The monoisotopic (exact) mass is 245 g/mol. The van der Waals surface area contributed by atoms with E-state index in [2.05, 4.69) is 17.4 Å². The zero-order valence-corrected chi connectivity index (χ0v) is 10.5. The van der Waals surface area contributed by atoms with Gasteiger partial charge >= 0.3 is 6.03 Å². The van der Waals surface area contributed by atoms with Crippen LogP contribution in [-0.2, 0) is 6.42 Å². The molecule has 2 heterocycles. The number of benzene rings is 1. The van der Waals surface area contributed by atoms with E-state index in [1.165, 1.54) is 5.56 Å². The van der Waals surface area contributed by atoms with Crippen LogP contribution in [0.25, 0.3) is 0 Å². The van der Waals surface area contributed by atoms with Crippen LogP contribution in [0, 0.1) is 0 Å². The SMILES string of the molecule is O=C1N(CCc2ccccc2)CC2CNCCN12. The highest BCUT2D eigenvalue weighted by Crippen LogP contribution is 2.17. The first kappa shape index (κ1) is 11.5. The van der Waals surface area contributed by atoms with E-state index in [0.29, 0.717) is 6.04 Å². The first-order chi connectivity index (χ1) is 8.84. The van der Waals surface area contributed by atoms with Gasteiger partial charge in [-0.1, -0.05) is 30.3 Å². The van der Waals surface area contributed by atoms with Crippen LogP contribution in [0.2, 0.25) is 0 Å². The molecule has 2 saturated heterocycles. The number of fused-ring (bicyclic) bond motifs is 1. The fraction of sp³-hybridized carbons (Fsp3) is 0.500. The van der Waals surface area contributed by atoms with Crippen LogP contribution < -0.4 is 5.32 Å². The Hall–Kier alpha value is -1.55. The standard InChI is InChI=1S/C14H19N3O/c18-14-16(8-6-12-4-2-1-3-5-12)11-13-10-15-7-9-17(13)14/h1-5,13,15H,6-11H2. The van der Waals surface area contributed by atoms with Crippen molar-refractivity contribution in [3.05, 3.63) is 35.9 Å². The molecule has 96 valence electrons. The van der Waals surface area contributed by atoms with E-state index >= 15 is 0 Å². The quantitative estimate of drug-likeness (QED) is 0.860. The number of hydrogen-bond acceptors (Lipinski definition) is 2. The summed E-state index contributed by atoms with van der Waals surface area (Å²) < 4.78 is 0. The van der Waals surface area contributed by atoms with Gasteiger partial charge < -0.3 is 15.1 Å². The van der Waals surface area contributed by atoms with Gasteiger partial charge in [0.1, 0.15) is 0 Å². The van der Waals surface area contributed by atoms with E-state index in [1.54, 1.807) is 0 Å². The fourth-order valence-electron chi connectivity index (χ4n) is 2.79. The second-order valence-electron chi connectivity index (χ2n) is 5.02. The number of nitrogens with zero attached hydrogens (tertiary/aromatic N) is 2. The van der Waals surface area contributed by atoms with Crippen LogP contribution in [0.4, 0.5) is 4.79 Å². The van der Waals surface area contributed by atoms with Gasteiger partial charge in [0, 0.05) is 32.7 Å². The van der Waals surface area contributed by atoms with E-state index in [1.807, 2.05) is 28.0 Å². The van der Waals surface area contributed by atoms with Crippen molar-refractivity contribution < 1.29 is 4.79 Å². The molecule has 3 rings (SSSR count). The highest BCUT2D eigenvalue weighted by atomic mass is 16.2. The van der Waals surface area contributed by atoms with Crippen molar-refractivity contribution in [3.8, 4) is 0 Å². The van der Waals surface area contributed by atoms with Gasteiger partial charge in [-0.15, -0.1) is 0 Å². The van der Waals surface area contributed by atoms with Crippen LogP contribution in [0.5, 0.6) is 0 Å². The summed E-state index contributed by atoms with van der Waals surface area (Å²) in [4.78, 5) is 16.2. The number of piperazine rings is 1. The summed E-state index contributed by atoms with van der Waals surface area (Å²) in [5, 5.41) is 3.35. The average molecular weight is 245 g/mol. The Labute approximate surface area is 108 Å². The molecule has 0 aromatic heterocycles. The smallest absolute Gasteiger partial charge is 0.320 e. The van der Waals surface area contributed by atoms with Crippen molar-refractivity contribution >= 4 is 6.03 Å². The lowest BCUT2D eigenvalue weighted by Crippen LogP contribution is -2.49. The van der Waals surface area contributed by atoms with E-state index in [-0.39, 0.29) is 6.03 Å². The minimum atomic E-state index is 0.220. The number of urea groups is 1. The molecule has 2 aliphatic heterocycles. The number of nitrogens with one attached hydrogen (secondary N) is 1. The van der Waals surface area contributed by atoms with Gasteiger partial charge in [-0.3, -0.25) is 0 Å². The highest BCUT2D eigenvalue weighted by Gasteiger charge is 2.37. The van der Waals surface area contributed by atoms with Crippen LogP contribution in [0.1, 0.15) is 5.56 Å². The molecular weight excluding hydrogens is 226 g/mol. The lowest BCUT2D eigenvalue weighted by Gasteiger charge is -2.28. The molecule has 0 spiro atoms. The largest absolute Gasteiger partial charge is 0.322 e.